The molecule has 1 rings (SSSR count). The fourth-order valence-electron chi connectivity index (χ4n) is 1.64. The highest BCUT2D eigenvalue weighted by Crippen LogP contribution is 2.17. The summed E-state index contributed by atoms with van der Waals surface area (Å²) < 4.78 is 5.17. The number of ether oxygens (including phenoxy) is 1. The summed E-state index contributed by atoms with van der Waals surface area (Å²) >= 11 is 0. The van der Waals surface area contributed by atoms with Crippen LogP contribution in [0.3, 0.4) is 0 Å². The van der Waals surface area contributed by atoms with Crippen molar-refractivity contribution in [3.63, 3.8) is 0 Å². The van der Waals surface area contributed by atoms with Gasteiger partial charge in [0.25, 0.3) is 0 Å². The van der Waals surface area contributed by atoms with Gasteiger partial charge in [-0.15, -0.1) is 0 Å². The summed E-state index contributed by atoms with van der Waals surface area (Å²) in [5.74, 6) is 0.582. The zero-order valence-corrected chi connectivity index (χ0v) is 9.57. The molecule has 0 aromatic heterocycles. The van der Waals surface area contributed by atoms with Gasteiger partial charge in [0, 0.05) is 19.9 Å². The van der Waals surface area contributed by atoms with Gasteiger partial charge in [-0.05, 0) is 25.2 Å². The first-order chi connectivity index (χ1) is 6.77. The van der Waals surface area contributed by atoms with Crippen LogP contribution in [0, 0.1) is 5.92 Å². The second-order valence-corrected chi connectivity index (χ2v) is 4.06. The number of hydrazone groups is 1. The lowest BCUT2D eigenvalue weighted by Gasteiger charge is -2.20. The van der Waals surface area contributed by atoms with E-state index in [9.17, 15) is 0 Å². The zero-order chi connectivity index (χ0) is 10.4. The van der Waals surface area contributed by atoms with Crippen LogP contribution in [-0.4, -0.2) is 37.5 Å². The molecule has 1 heterocycles. The second-order valence-electron chi connectivity index (χ2n) is 4.06. The van der Waals surface area contributed by atoms with Crippen LogP contribution >= 0.6 is 0 Å². The molecule has 82 valence electrons. The third-order valence-electron chi connectivity index (χ3n) is 2.82. The van der Waals surface area contributed by atoms with Crippen molar-refractivity contribution in [3.8, 4) is 0 Å². The lowest BCUT2D eigenvalue weighted by molar-refractivity contribution is 0.118. The summed E-state index contributed by atoms with van der Waals surface area (Å²) in [4.78, 5) is 0. The van der Waals surface area contributed by atoms with Crippen LogP contribution in [-0.2, 0) is 4.74 Å². The Labute approximate surface area is 87.1 Å². The molecule has 2 atom stereocenters. The average Bonchev–Trinajstić information content (AvgIpc) is 2.62. The molecule has 3 nitrogen and oxygen atoms in total. The first kappa shape index (κ1) is 11.5. The summed E-state index contributed by atoms with van der Waals surface area (Å²) in [6.45, 7) is 6.27. The van der Waals surface area contributed by atoms with Crippen LogP contribution in [0.5, 0.6) is 0 Å². The lowest BCUT2D eigenvalue weighted by atomic mass is 10.1. The Morgan fingerprint density at radius 1 is 1.64 bits per heavy atom. The molecular weight excluding hydrogens is 176 g/mol. The smallest absolute Gasteiger partial charge is 0.0704 e. The molecule has 0 aliphatic carbocycles. The summed E-state index contributed by atoms with van der Waals surface area (Å²) in [5, 5.41) is 6.70. The van der Waals surface area contributed by atoms with Crippen molar-refractivity contribution in [3.05, 3.63) is 0 Å². The number of hydrogen-bond donors (Lipinski definition) is 0. The van der Waals surface area contributed by atoms with Gasteiger partial charge >= 0.3 is 0 Å². The molecule has 0 aromatic carbocycles. The molecule has 0 N–H and O–H groups in total. The monoisotopic (exact) mass is 198 g/mol. The van der Waals surface area contributed by atoms with E-state index in [0.717, 1.165) is 19.6 Å². The van der Waals surface area contributed by atoms with Gasteiger partial charge in [0.05, 0.1) is 12.6 Å². The predicted octanol–water partition coefficient (Wildman–Crippen LogP) is 2.13. The van der Waals surface area contributed by atoms with Crippen LogP contribution < -0.4 is 0 Å². The van der Waals surface area contributed by atoms with E-state index in [2.05, 4.69) is 30.2 Å². The molecule has 1 aliphatic heterocycles. The van der Waals surface area contributed by atoms with E-state index in [4.69, 9.17) is 4.74 Å². The Bertz CT molecular complexity index is 182. The van der Waals surface area contributed by atoms with Crippen molar-refractivity contribution in [1.82, 2.24) is 5.01 Å². The van der Waals surface area contributed by atoms with Crippen LogP contribution in [0.15, 0.2) is 5.10 Å². The average molecular weight is 198 g/mol. The van der Waals surface area contributed by atoms with Crippen molar-refractivity contribution in [1.29, 1.82) is 0 Å². The molecule has 1 aliphatic rings. The minimum atomic E-state index is 0.500. The highest BCUT2D eigenvalue weighted by Gasteiger charge is 2.22. The molecule has 0 bridgehead atoms. The van der Waals surface area contributed by atoms with Gasteiger partial charge in [0.15, 0.2) is 0 Å². The highest BCUT2D eigenvalue weighted by atomic mass is 16.5. The number of methoxy groups -OCH3 is 1. The molecule has 2 unspecified atom stereocenters. The molecule has 0 aromatic rings. The Hall–Kier alpha value is -0.570. The van der Waals surface area contributed by atoms with Gasteiger partial charge < -0.3 is 4.74 Å². The van der Waals surface area contributed by atoms with E-state index >= 15 is 0 Å². The molecule has 0 amide bonds. The van der Waals surface area contributed by atoms with Crippen LogP contribution in [0.4, 0.5) is 0 Å². The van der Waals surface area contributed by atoms with Gasteiger partial charge in [-0.2, -0.15) is 5.10 Å². The zero-order valence-electron chi connectivity index (χ0n) is 9.57. The van der Waals surface area contributed by atoms with E-state index in [1.165, 1.54) is 12.8 Å². The third-order valence-corrected chi connectivity index (χ3v) is 2.82. The summed E-state index contributed by atoms with van der Waals surface area (Å²) in [6, 6.07) is 0.500. The minimum Gasteiger partial charge on any atom is -0.382 e. The van der Waals surface area contributed by atoms with Crippen molar-refractivity contribution in [2.45, 2.75) is 39.2 Å². The molecular formula is C11H22N2O. The first-order valence-corrected chi connectivity index (χ1v) is 5.57. The molecule has 1 saturated heterocycles. The van der Waals surface area contributed by atoms with E-state index < -0.39 is 0 Å². The highest BCUT2D eigenvalue weighted by molar-refractivity contribution is 5.59. The maximum Gasteiger partial charge on any atom is 0.0704 e. The largest absolute Gasteiger partial charge is 0.382 e. The van der Waals surface area contributed by atoms with E-state index in [-0.39, 0.29) is 0 Å². The molecule has 0 spiro atoms. The van der Waals surface area contributed by atoms with Gasteiger partial charge in [0.1, 0.15) is 0 Å². The first-order valence-electron chi connectivity index (χ1n) is 5.57. The minimum absolute atomic E-state index is 0.500. The normalized spacial score (nSPS) is 24.8. The fraction of sp³-hybridized carbons (Fsp3) is 0.909. The van der Waals surface area contributed by atoms with E-state index in [0.29, 0.717) is 12.0 Å². The predicted molar refractivity (Wildman–Crippen MR) is 59.6 cm³/mol. The van der Waals surface area contributed by atoms with Crippen molar-refractivity contribution in [2.75, 3.05) is 20.3 Å². The molecule has 14 heavy (non-hydrogen) atoms. The van der Waals surface area contributed by atoms with Crippen LogP contribution in [0.1, 0.15) is 33.1 Å². The van der Waals surface area contributed by atoms with Crippen LogP contribution in [0.25, 0.3) is 0 Å². The Kier molecular flexibility index (Phi) is 4.94. The summed E-state index contributed by atoms with van der Waals surface area (Å²) in [5.41, 5.74) is 0. The number of rotatable bonds is 5. The quantitative estimate of drug-likeness (QED) is 0.632. The summed E-state index contributed by atoms with van der Waals surface area (Å²) in [7, 11) is 1.76. The van der Waals surface area contributed by atoms with Crippen molar-refractivity contribution >= 4 is 6.21 Å². The third kappa shape index (κ3) is 3.29. The van der Waals surface area contributed by atoms with Gasteiger partial charge in [-0.25, -0.2) is 0 Å². The second kappa shape index (κ2) is 6.02. The molecule has 0 radical (unpaired) electrons. The fourth-order valence-corrected chi connectivity index (χ4v) is 1.64. The SMILES string of the molecule is CCC(C)/C=N/N1CCCC1COC. The topological polar surface area (TPSA) is 24.8 Å². The number of nitrogens with zero attached hydrogens (tertiary/aromatic N) is 2. The van der Waals surface area contributed by atoms with Gasteiger partial charge in [-0.3, -0.25) is 5.01 Å². The van der Waals surface area contributed by atoms with E-state index in [1.807, 2.05) is 0 Å². The Balaban J connectivity index is 2.38. The summed E-state index contributed by atoms with van der Waals surface area (Å²) in [6.07, 6.45) is 5.68. The van der Waals surface area contributed by atoms with E-state index in [1.54, 1.807) is 7.11 Å². The Morgan fingerprint density at radius 2 is 2.43 bits per heavy atom. The molecule has 0 saturated carbocycles. The van der Waals surface area contributed by atoms with Crippen LogP contribution in [0.2, 0.25) is 0 Å². The molecule has 3 heteroatoms. The van der Waals surface area contributed by atoms with Gasteiger partial charge in [-0.1, -0.05) is 13.8 Å². The standard InChI is InChI=1S/C11H22N2O/c1-4-10(2)8-12-13-7-5-6-11(13)9-14-3/h8,10-11H,4-7,9H2,1-3H3/b12-8+. The van der Waals surface area contributed by atoms with Gasteiger partial charge in [0.2, 0.25) is 0 Å². The Morgan fingerprint density at radius 3 is 3.07 bits per heavy atom. The number of hydrogen-bond acceptors (Lipinski definition) is 3. The maximum atomic E-state index is 5.17. The lowest BCUT2D eigenvalue weighted by Crippen LogP contribution is -2.28. The maximum absolute atomic E-state index is 5.17. The molecule has 1 fully saturated rings. The van der Waals surface area contributed by atoms with Crippen molar-refractivity contribution < 1.29 is 4.74 Å². The van der Waals surface area contributed by atoms with Crippen molar-refractivity contribution in [2.24, 2.45) is 11.0 Å².